The monoisotopic (exact) mass is 417 g/mol. The summed E-state index contributed by atoms with van der Waals surface area (Å²) in [7, 11) is -4.21. The zero-order valence-corrected chi connectivity index (χ0v) is 15.5. The number of thioether (sulfide) groups is 1. The van der Waals surface area contributed by atoms with E-state index in [9.17, 15) is 31.2 Å². The van der Waals surface area contributed by atoms with Crippen LogP contribution in [0.3, 0.4) is 0 Å². The fraction of sp³-hybridized carbons (Fsp3) is 0.176. The average Bonchev–Trinajstić information content (AvgIpc) is 2.59. The summed E-state index contributed by atoms with van der Waals surface area (Å²) in [4.78, 5) is 22.7. The first-order valence-corrected chi connectivity index (χ1v) is 9.92. The first-order valence-electron chi connectivity index (χ1n) is 7.46. The second-order valence-corrected chi connectivity index (χ2v) is 8.25. The van der Waals surface area contributed by atoms with Gasteiger partial charge in [-0.15, -0.1) is 0 Å². The molecule has 0 saturated carbocycles. The van der Waals surface area contributed by atoms with Crippen LogP contribution in [-0.4, -0.2) is 25.1 Å². The van der Waals surface area contributed by atoms with Gasteiger partial charge in [-0.05, 0) is 30.3 Å². The van der Waals surface area contributed by atoms with Crippen LogP contribution < -0.4 is 4.72 Å². The van der Waals surface area contributed by atoms with Crippen molar-refractivity contribution in [2.24, 2.45) is 0 Å². The Balaban J connectivity index is 2.26. The van der Waals surface area contributed by atoms with Crippen LogP contribution in [-0.2, 0) is 21.0 Å². The molecule has 5 nitrogen and oxygen atoms in total. The molecule has 0 fully saturated rings. The van der Waals surface area contributed by atoms with Crippen molar-refractivity contribution in [3.63, 3.8) is 0 Å². The third-order valence-electron chi connectivity index (χ3n) is 3.31. The van der Waals surface area contributed by atoms with Crippen molar-refractivity contribution >= 4 is 38.4 Å². The molecule has 144 valence electrons. The summed E-state index contributed by atoms with van der Waals surface area (Å²) in [6.45, 7) is 1.30. The number of halogens is 3. The van der Waals surface area contributed by atoms with Crippen LogP contribution in [0.15, 0.2) is 53.4 Å². The van der Waals surface area contributed by atoms with Gasteiger partial charge in [0.15, 0.2) is 10.9 Å². The molecule has 0 amide bonds. The molecule has 27 heavy (non-hydrogen) atoms. The van der Waals surface area contributed by atoms with E-state index in [-0.39, 0.29) is 27.0 Å². The molecule has 2 rings (SSSR count). The molecule has 0 atom stereocenters. The van der Waals surface area contributed by atoms with Gasteiger partial charge in [0.1, 0.15) is 0 Å². The highest BCUT2D eigenvalue weighted by atomic mass is 32.2. The van der Waals surface area contributed by atoms with Gasteiger partial charge in [0.05, 0.1) is 16.2 Å². The summed E-state index contributed by atoms with van der Waals surface area (Å²) in [6, 6.07) is 8.83. The fourth-order valence-electron chi connectivity index (χ4n) is 2.06. The van der Waals surface area contributed by atoms with Crippen molar-refractivity contribution in [2.45, 2.75) is 18.0 Å². The van der Waals surface area contributed by atoms with Crippen LogP contribution in [0.5, 0.6) is 0 Å². The maximum Gasteiger partial charge on any atom is 0.416 e. The van der Waals surface area contributed by atoms with Crippen molar-refractivity contribution in [3.05, 3.63) is 59.7 Å². The quantitative estimate of drug-likeness (QED) is 0.720. The second-order valence-electron chi connectivity index (χ2n) is 5.42. The van der Waals surface area contributed by atoms with E-state index < -0.39 is 27.5 Å². The van der Waals surface area contributed by atoms with Crippen LogP contribution in [0.1, 0.15) is 22.8 Å². The summed E-state index contributed by atoms with van der Waals surface area (Å²) in [6.07, 6.45) is -4.61. The minimum Gasteiger partial charge on any atom is -0.293 e. The van der Waals surface area contributed by atoms with Gasteiger partial charge in [0.2, 0.25) is 0 Å². The Morgan fingerprint density at radius 3 is 2.37 bits per heavy atom. The van der Waals surface area contributed by atoms with E-state index in [1.165, 1.54) is 31.2 Å². The molecule has 0 saturated heterocycles. The van der Waals surface area contributed by atoms with E-state index in [4.69, 9.17) is 0 Å². The van der Waals surface area contributed by atoms with Gasteiger partial charge in [0, 0.05) is 18.2 Å². The third kappa shape index (κ3) is 5.83. The molecule has 10 heteroatoms. The zero-order chi connectivity index (χ0) is 20.2. The number of nitrogens with one attached hydrogen (secondary N) is 1. The molecule has 0 aliphatic carbocycles. The number of anilines is 1. The van der Waals surface area contributed by atoms with E-state index >= 15 is 0 Å². The SMILES string of the molecule is CC(=O)SCC(=O)c1cccc(S(=O)(=O)Nc2cccc(C(F)(F)F)c2)c1. The van der Waals surface area contributed by atoms with Crippen molar-refractivity contribution < 1.29 is 31.2 Å². The summed E-state index contributed by atoms with van der Waals surface area (Å²) >= 11 is 0.794. The Labute approximate surface area is 158 Å². The van der Waals surface area contributed by atoms with Crippen LogP contribution in [0.2, 0.25) is 0 Å². The molecular weight excluding hydrogens is 403 g/mol. The average molecular weight is 417 g/mol. The highest BCUT2D eigenvalue weighted by Gasteiger charge is 2.30. The maximum absolute atomic E-state index is 12.8. The largest absolute Gasteiger partial charge is 0.416 e. The number of ketones is 1. The number of benzene rings is 2. The second kappa shape index (κ2) is 8.13. The Bertz CT molecular complexity index is 972. The van der Waals surface area contributed by atoms with Crippen LogP contribution in [0.25, 0.3) is 0 Å². The van der Waals surface area contributed by atoms with Gasteiger partial charge < -0.3 is 0 Å². The number of sulfonamides is 1. The molecule has 0 aliphatic heterocycles. The summed E-state index contributed by atoms with van der Waals surface area (Å²) in [5.74, 6) is -0.578. The number of carbonyl (C=O) groups is 2. The Morgan fingerprint density at radius 1 is 1.07 bits per heavy atom. The summed E-state index contributed by atoms with van der Waals surface area (Å²) < 4.78 is 65.2. The number of hydrogen-bond acceptors (Lipinski definition) is 5. The number of hydrogen-bond donors (Lipinski definition) is 1. The molecule has 0 unspecified atom stereocenters. The first-order chi connectivity index (χ1) is 12.5. The molecule has 0 bridgehead atoms. The molecule has 2 aromatic carbocycles. The minimum absolute atomic E-state index is 0.0793. The minimum atomic E-state index is -4.61. The molecule has 0 heterocycles. The Kier molecular flexibility index (Phi) is 6.32. The van der Waals surface area contributed by atoms with Gasteiger partial charge in [-0.3, -0.25) is 14.3 Å². The van der Waals surface area contributed by atoms with Crippen LogP contribution >= 0.6 is 11.8 Å². The predicted octanol–water partition coefficient (Wildman–Crippen LogP) is 3.97. The number of alkyl halides is 3. The molecule has 0 aliphatic rings. The molecule has 0 radical (unpaired) electrons. The number of rotatable bonds is 6. The normalized spacial score (nSPS) is 11.9. The fourth-order valence-corrected chi connectivity index (χ4v) is 3.66. The number of Topliss-reactive ketones (excluding diaryl/α,β-unsaturated/α-hetero) is 1. The molecule has 0 spiro atoms. The lowest BCUT2D eigenvalue weighted by Gasteiger charge is -2.12. The Morgan fingerprint density at radius 2 is 1.74 bits per heavy atom. The van der Waals surface area contributed by atoms with Gasteiger partial charge in [-0.25, -0.2) is 8.42 Å². The van der Waals surface area contributed by atoms with Gasteiger partial charge in [-0.1, -0.05) is 30.0 Å². The highest BCUT2D eigenvalue weighted by molar-refractivity contribution is 8.14. The molecule has 0 aromatic heterocycles. The highest BCUT2D eigenvalue weighted by Crippen LogP contribution is 2.31. The zero-order valence-electron chi connectivity index (χ0n) is 13.9. The van der Waals surface area contributed by atoms with Crippen LogP contribution in [0.4, 0.5) is 18.9 Å². The van der Waals surface area contributed by atoms with Crippen molar-refractivity contribution in [1.82, 2.24) is 0 Å². The molecule has 2 aromatic rings. The van der Waals surface area contributed by atoms with Crippen molar-refractivity contribution in [3.8, 4) is 0 Å². The lowest BCUT2D eigenvalue weighted by atomic mass is 10.1. The van der Waals surface area contributed by atoms with E-state index in [1.54, 1.807) is 0 Å². The van der Waals surface area contributed by atoms with Gasteiger partial charge in [0.25, 0.3) is 10.0 Å². The van der Waals surface area contributed by atoms with Gasteiger partial charge >= 0.3 is 6.18 Å². The Hall–Kier alpha value is -2.33. The van der Waals surface area contributed by atoms with Crippen molar-refractivity contribution in [2.75, 3.05) is 10.5 Å². The molecular formula is C17H14F3NO4S2. The molecule has 1 N–H and O–H groups in total. The smallest absolute Gasteiger partial charge is 0.293 e. The van der Waals surface area contributed by atoms with Gasteiger partial charge in [-0.2, -0.15) is 13.2 Å². The standard InChI is InChI=1S/C17H14F3NO4S2/c1-11(22)26-10-16(23)12-4-2-7-15(8-12)27(24,25)21-14-6-3-5-13(9-14)17(18,19)20/h2-9,21H,10H2,1H3. The summed E-state index contributed by atoms with van der Waals surface area (Å²) in [5, 5.41) is -0.252. The lowest BCUT2D eigenvalue weighted by molar-refractivity contribution is -0.137. The van der Waals surface area contributed by atoms with E-state index in [0.29, 0.717) is 6.07 Å². The maximum atomic E-state index is 12.8. The van der Waals surface area contributed by atoms with Crippen molar-refractivity contribution in [1.29, 1.82) is 0 Å². The lowest BCUT2D eigenvalue weighted by Crippen LogP contribution is -2.15. The van der Waals surface area contributed by atoms with E-state index in [1.807, 2.05) is 0 Å². The summed E-state index contributed by atoms with van der Waals surface area (Å²) in [5.41, 5.74) is -1.17. The van der Waals surface area contributed by atoms with E-state index in [2.05, 4.69) is 4.72 Å². The number of carbonyl (C=O) groups excluding carboxylic acids is 2. The predicted molar refractivity (Wildman–Crippen MR) is 96.2 cm³/mol. The first kappa shape index (κ1) is 21.0. The van der Waals surface area contributed by atoms with E-state index in [0.717, 1.165) is 30.0 Å². The third-order valence-corrected chi connectivity index (χ3v) is 5.51. The van der Waals surface area contributed by atoms with Crippen LogP contribution in [0, 0.1) is 0 Å². The topological polar surface area (TPSA) is 80.3 Å².